The fraction of sp³-hybridized carbons (Fsp3) is 0.125. The average molecular weight is 584 g/mol. The van der Waals surface area contributed by atoms with Crippen LogP contribution in [0.25, 0.3) is 6.08 Å². The van der Waals surface area contributed by atoms with Gasteiger partial charge < -0.3 is 10.1 Å². The van der Waals surface area contributed by atoms with Crippen LogP contribution in [0.15, 0.2) is 60.7 Å². The second-order valence-corrected chi connectivity index (χ2v) is 9.21. The smallest absolute Gasteiger partial charge is 0.409 e. The molecule has 1 unspecified atom stereocenters. The number of allylic oxidation sites excluding steroid dienone is 1. The van der Waals surface area contributed by atoms with Crippen molar-refractivity contribution in [2.45, 2.75) is 18.6 Å². The van der Waals surface area contributed by atoms with Crippen LogP contribution in [0.5, 0.6) is 5.75 Å². The lowest BCUT2D eigenvalue weighted by molar-refractivity contribution is -0.139. The van der Waals surface area contributed by atoms with Gasteiger partial charge in [-0.15, -0.1) is 0 Å². The van der Waals surface area contributed by atoms with Crippen LogP contribution >= 0.6 is 58.0 Å². The minimum Gasteiger partial charge on any atom is -0.409 e. The number of nitrogens with one attached hydrogen (secondary N) is 1. The van der Waals surface area contributed by atoms with Crippen molar-refractivity contribution in [3.63, 3.8) is 0 Å². The predicted molar refractivity (Wildman–Crippen MR) is 135 cm³/mol. The van der Waals surface area contributed by atoms with Gasteiger partial charge in [0.1, 0.15) is 0 Å². The molecule has 0 aliphatic rings. The van der Waals surface area contributed by atoms with E-state index >= 15 is 0 Å². The van der Waals surface area contributed by atoms with Crippen molar-refractivity contribution in [1.82, 2.24) is 5.32 Å². The molecule has 0 saturated heterocycles. The van der Waals surface area contributed by atoms with Crippen molar-refractivity contribution in [2.24, 2.45) is 0 Å². The van der Waals surface area contributed by atoms with Crippen molar-refractivity contribution >= 4 is 70.2 Å². The van der Waals surface area contributed by atoms with Gasteiger partial charge in [0.05, 0.1) is 26.0 Å². The molecule has 184 valence electrons. The maximum Gasteiger partial charge on any atom is 0.412 e. The van der Waals surface area contributed by atoms with Gasteiger partial charge >= 0.3 is 12.3 Å². The summed E-state index contributed by atoms with van der Waals surface area (Å²) in [6.45, 7) is 0.0268. The molecule has 0 saturated carbocycles. The number of carbonyl (C=O) groups excluding carboxylic acids is 1. The van der Waals surface area contributed by atoms with Gasteiger partial charge in [-0.2, -0.15) is 13.2 Å². The SMILES string of the molecule is O=C(NCc1ccc(/C=C/C(c2cc(Cl)c(Cl)c(Cl)c2)C(F)(F)F)cc1Cl)Oc1ccccc1Cl. The first kappa shape index (κ1) is 27.5. The molecule has 11 heteroatoms. The molecule has 35 heavy (non-hydrogen) atoms. The predicted octanol–water partition coefficient (Wildman–Crippen LogP) is 9.60. The molecule has 3 aromatic rings. The van der Waals surface area contributed by atoms with E-state index in [2.05, 4.69) is 5.32 Å². The summed E-state index contributed by atoms with van der Waals surface area (Å²) in [4.78, 5) is 12.0. The fourth-order valence-electron chi connectivity index (χ4n) is 3.01. The number of hydrogen-bond donors (Lipinski definition) is 1. The minimum atomic E-state index is -4.60. The summed E-state index contributed by atoms with van der Waals surface area (Å²) in [5, 5.41) is 2.87. The molecule has 0 radical (unpaired) electrons. The van der Waals surface area contributed by atoms with E-state index in [4.69, 9.17) is 62.7 Å². The zero-order chi connectivity index (χ0) is 25.8. The number of halogens is 8. The van der Waals surface area contributed by atoms with Gasteiger partial charge in [-0.25, -0.2) is 4.79 Å². The summed E-state index contributed by atoms with van der Waals surface area (Å²) < 4.78 is 46.3. The van der Waals surface area contributed by atoms with Gasteiger partial charge in [-0.3, -0.25) is 0 Å². The number of carbonyl (C=O) groups is 1. The number of amides is 1. The molecule has 1 N–H and O–H groups in total. The Balaban J connectivity index is 1.71. The van der Waals surface area contributed by atoms with Gasteiger partial charge in [-0.05, 0) is 47.0 Å². The van der Waals surface area contributed by atoms with Crippen LogP contribution in [0.2, 0.25) is 25.1 Å². The van der Waals surface area contributed by atoms with E-state index in [0.717, 1.165) is 18.2 Å². The molecule has 3 rings (SSSR count). The monoisotopic (exact) mass is 581 g/mol. The van der Waals surface area contributed by atoms with Gasteiger partial charge in [0, 0.05) is 11.6 Å². The molecule has 0 aliphatic carbocycles. The highest BCUT2D eigenvalue weighted by atomic mass is 35.5. The van der Waals surface area contributed by atoms with Crippen LogP contribution in [0.4, 0.5) is 18.0 Å². The summed E-state index contributed by atoms with van der Waals surface area (Å²) in [6.07, 6.45) is -3.09. The topological polar surface area (TPSA) is 38.3 Å². The Hall–Kier alpha value is -2.09. The van der Waals surface area contributed by atoms with E-state index in [1.165, 1.54) is 18.2 Å². The fourth-order valence-corrected chi connectivity index (χ4v) is 4.06. The van der Waals surface area contributed by atoms with Crippen LogP contribution < -0.4 is 10.1 Å². The number of ether oxygens (including phenoxy) is 1. The highest BCUT2D eigenvalue weighted by molar-refractivity contribution is 6.48. The van der Waals surface area contributed by atoms with Crippen molar-refractivity contribution in [3.05, 3.63) is 102 Å². The Morgan fingerprint density at radius 1 is 0.914 bits per heavy atom. The second kappa shape index (κ2) is 11.8. The highest BCUT2D eigenvalue weighted by Gasteiger charge is 2.39. The number of alkyl halides is 3. The van der Waals surface area contributed by atoms with Crippen molar-refractivity contribution in [1.29, 1.82) is 0 Å². The average Bonchev–Trinajstić information content (AvgIpc) is 2.77. The molecule has 0 bridgehead atoms. The van der Waals surface area contributed by atoms with E-state index in [0.29, 0.717) is 11.1 Å². The van der Waals surface area contributed by atoms with Gasteiger partial charge in [-0.1, -0.05) is 94.4 Å². The third kappa shape index (κ3) is 7.45. The van der Waals surface area contributed by atoms with E-state index in [1.807, 2.05) is 0 Å². The van der Waals surface area contributed by atoms with Crippen LogP contribution in [0, 0.1) is 0 Å². The number of rotatable bonds is 6. The van der Waals surface area contributed by atoms with Gasteiger partial charge in [0.15, 0.2) is 5.75 Å². The minimum absolute atomic E-state index is 0.0197. The van der Waals surface area contributed by atoms with Crippen LogP contribution in [0.1, 0.15) is 22.6 Å². The molecule has 0 aliphatic heterocycles. The Morgan fingerprint density at radius 3 is 2.17 bits per heavy atom. The summed E-state index contributed by atoms with van der Waals surface area (Å²) in [5.41, 5.74) is 0.790. The lowest BCUT2D eigenvalue weighted by Crippen LogP contribution is -2.26. The number of para-hydroxylation sites is 1. The van der Waals surface area contributed by atoms with Crippen molar-refractivity contribution in [2.75, 3.05) is 0 Å². The first-order chi connectivity index (χ1) is 16.5. The first-order valence-corrected chi connectivity index (χ1v) is 11.7. The molecule has 1 amide bonds. The van der Waals surface area contributed by atoms with Crippen LogP contribution in [-0.4, -0.2) is 12.3 Å². The van der Waals surface area contributed by atoms with Crippen LogP contribution in [0.3, 0.4) is 0 Å². The number of benzene rings is 3. The van der Waals surface area contributed by atoms with Crippen LogP contribution in [-0.2, 0) is 6.54 Å². The molecule has 1 atom stereocenters. The summed E-state index contributed by atoms with van der Waals surface area (Å²) in [6, 6.07) is 13.3. The standard InChI is InChI=1S/C24H15Cl5F3NO2/c25-17-3-1-2-4-21(17)35-23(34)33-12-14-7-5-13(9-18(14)26)6-8-16(24(30,31)32)15-10-19(27)22(29)20(28)11-15/h1-11,16H,12H2,(H,33,34)/b8-6+. The maximum absolute atomic E-state index is 13.7. The van der Waals surface area contributed by atoms with E-state index in [9.17, 15) is 18.0 Å². The largest absolute Gasteiger partial charge is 0.412 e. The first-order valence-electron chi connectivity index (χ1n) is 9.83. The molecular formula is C24H15Cl5F3NO2. The van der Waals surface area contributed by atoms with E-state index in [-0.39, 0.29) is 43.0 Å². The van der Waals surface area contributed by atoms with Crippen molar-refractivity contribution < 1.29 is 22.7 Å². The molecule has 0 fully saturated rings. The zero-order valence-corrected chi connectivity index (χ0v) is 21.3. The lowest BCUT2D eigenvalue weighted by Gasteiger charge is -2.18. The van der Waals surface area contributed by atoms with Gasteiger partial charge in [0.2, 0.25) is 0 Å². The summed E-state index contributed by atoms with van der Waals surface area (Å²) in [5.74, 6) is -1.78. The molecule has 0 aromatic heterocycles. The Morgan fingerprint density at radius 2 is 1.57 bits per heavy atom. The van der Waals surface area contributed by atoms with Gasteiger partial charge in [0.25, 0.3) is 0 Å². The molecule has 3 nitrogen and oxygen atoms in total. The van der Waals surface area contributed by atoms with E-state index in [1.54, 1.807) is 30.3 Å². The second-order valence-electron chi connectivity index (χ2n) is 7.20. The molecule has 0 spiro atoms. The molecule has 0 heterocycles. The normalized spacial score (nSPS) is 12.6. The van der Waals surface area contributed by atoms with E-state index < -0.39 is 18.2 Å². The molecule has 3 aromatic carbocycles. The Bertz CT molecular complexity index is 1240. The summed E-state index contributed by atoms with van der Waals surface area (Å²) >= 11 is 29.9. The lowest BCUT2D eigenvalue weighted by atomic mass is 9.97. The quantitative estimate of drug-likeness (QED) is 0.294. The summed E-state index contributed by atoms with van der Waals surface area (Å²) in [7, 11) is 0. The third-order valence-electron chi connectivity index (χ3n) is 4.74. The Labute approximate surface area is 224 Å². The highest BCUT2D eigenvalue weighted by Crippen LogP contribution is 2.41. The zero-order valence-electron chi connectivity index (χ0n) is 17.5. The number of hydrogen-bond acceptors (Lipinski definition) is 2. The maximum atomic E-state index is 13.7. The molecular weight excluding hydrogens is 569 g/mol. The third-order valence-corrected chi connectivity index (χ3v) is 6.60. The Kier molecular flexibility index (Phi) is 9.24. The van der Waals surface area contributed by atoms with Crippen molar-refractivity contribution in [3.8, 4) is 5.75 Å².